The SMILES string of the molecule is CCN1C[C@@H](CN(C)C[C@H](O)COc2ccc(C(C)=O)cc2OC)Oc2ccccc21. The molecule has 0 bridgehead atoms. The number of aliphatic hydroxyl groups is 1. The number of rotatable bonds is 10. The molecular formula is C24H32N2O5. The van der Waals surface area contributed by atoms with Crippen molar-refractivity contribution in [3.8, 4) is 17.2 Å². The van der Waals surface area contributed by atoms with Gasteiger partial charge in [0, 0.05) is 25.2 Å². The van der Waals surface area contributed by atoms with Gasteiger partial charge >= 0.3 is 0 Å². The highest BCUT2D eigenvalue weighted by Crippen LogP contribution is 2.33. The Balaban J connectivity index is 1.51. The highest BCUT2D eigenvalue weighted by atomic mass is 16.5. The summed E-state index contributed by atoms with van der Waals surface area (Å²) < 4.78 is 17.2. The maximum absolute atomic E-state index is 11.5. The van der Waals surface area contributed by atoms with E-state index in [1.165, 1.54) is 14.0 Å². The number of benzene rings is 2. The third-order valence-electron chi connectivity index (χ3n) is 5.34. The van der Waals surface area contributed by atoms with Crippen LogP contribution < -0.4 is 19.1 Å². The summed E-state index contributed by atoms with van der Waals surface area (Å²) in [4.78, 5) is 15.9. The number of aliphatic hydroxyl groups excluding tert-OH is 1. The van der Waals surface area contributed by atoms with Crippen LogP contribution in [-0.2, 0) is 0 Å². The number of hydrogen-bond acceptors (Lipinski definition) is 7. The van der Waals surface area contributed by atoms with Crippen molar-refractivity contribution in [2.24, 2.45) is 0 Å². The molecule has 3 rings (SSSR count). The maximum atomic E-state index is 11.5. The van der Waals surface area contributed by atoms with Crippen molar-refractivity contribution in [2.45, 2.75) is 26.1 Å². The van der Waals surface area contributed by atoms with Crippen LogP contribution in [-0.4, -0.2) is 74.9 Å². The molecule has 0 saturated heterocycles. The Hall–Kier alpha value is -2.77. The summed E-state index contributed by atoms with van der Waals surface area (Å²) in [6.07, 6.45) is -0.660. The van der Waals surface area contributed by atoms with Gasteiger partial charge in [-0.25, -0.2) is 0 Å². The Bertz CT molecular complexity index is 888. The predicted molar refractivity (Wildman–Crippen MR) is 121 cm³/mol. The van der Waals surface area contributed by atoms with E-state index in [1.807, 2.05) is 25.2 Å². The number of hydrogen-bond donors (Lipinski definition) is 1. The second-order valence-electron chi connectivity index (χ2n) is 7.85. The number of ketones is 1. The number of carbonyl (C=O) groups excluding carboxylic acids is 1. The number of nitrogens with zero attached hydrogens (tertiary/aromatic N) is 2. The molecule has 0 amide bonds. The molecule has 2 aromatic carbocycles. The highest BCUT2D eigenvalue weighted by molar-refractivity contribution is 5.94. The van der Waals surface area contributed by atoms with Crippen molar-refractivity contribution < 1.29 is 24.1 Å². The standard InChI is InChI=1S/C24H32N2O5/c1-5-26-15-20(31-22-9-7-6-8-21(22)26)14-25(3)13-19(28)16-30-23-11-10-18(17(2)27)12-24(23)29-4/h6-12,19-20,28H,5,13-16H2,1-4H3/t19-,20+/m0/s1. The fraction of sp³-hybridized carbons (Fsp3) is 0.458. The fourth-order valence-corrected chi connectivity index (χ4v) is 3.80. The molecule has 0 radical (unpaired) electrons. The Morgan fingerprint density at radius 2 is 2.06 bits per heavy atom. The van der Waals surface area contributed by atoms with Crippen molar-refractivity contribution in [2.75, 3.05) is 51.8 Å². The van der Waals surface area contributed by atoms with E-state index in [4.69, 9.17) is 14.2 Å². The summed E-state index contributed by atoms with van der Waals surface area (Å²) in [6, 6.07) is 13.1. The van der Waals surface area contributed by atoms with Gasteiger partial charge in [0.05, 0.1) is 19.3 Å². The lowest BCUT2D eigenvalue weighted by Crippen LogP contribution is -2.47. The van der Waals surface area contributed by atoms with Crippen LogP contribution in [0.1, 0.15) is 24.2 Å². The number of anilines is 1. The van der Waals surface area contributed by atoms with Crippen LogP contribution >= 0.6 is 0 Å². The van der Waals surface area contributed by atoms with E-state index in [-0.39, 0.29) is 18.5 Å². The van der Waals surface area contributed by atoms with Gasteiger partial charge in [0.25, 0.3) is 0 Å². The number of likely N-dealkylation sites (N-methyl/N-ethyl adjacent to an activating group) is 2. The van der Waals surface area contributed by atoms with Gasteiger partial charge in [0.15, 0.2) is 17.3 Å². The Labute approximate surface area is 184 Å². The number of fused-ring (bicyclic) bond motifs is 1. The summed E-state index contributed by atoms with van der Waals surface area (Å²) in [7, 11) is 3.49. The first kappa shape index (κ1) is 22.9. The molecule has 0 fully saturated rings. The lowest BCUT2D eigenvalue weighted by molar-refractivity contribution is 0.0598. The van der Waals surface area contributed by atoms with E-state index < -0.39 is 6.10 Å². The topological polar surface area (TPSA) is 71.5 Å². The Morgan fingerprint density at radius 3 is 2.77 bits per heavy atom. The van der Waals surface area contributed by atoms with Crippen molar-refractivity contribution in [3.63, 3.8) is 0 Å². The van der Waals surface area contributed by atoms with Crippen LogP contribution in [0, 0.1) is 0 Å². The van der Waals surface area contributed by atoms with E-state index >= 15 is 0 Å². The lowest BCUT2D eigenvalue weighted by atomic mass is 10.1. The van der Waals surface area contributed by atoms with Gasteiger partial charge in [-0.15, -0.1) is 0 Å². The van der Waals surface area contributed by atoms with Gasteiger partial charge in [-0.2, -0.15) is 0 Å². The third kappa shape index (κ3) is 5.89. The van der Waals surface area contributed by atoms with Crippen LogP contribution in [0.4, 0.5) is 5.69 Å². The summed E-state index contributed by atoms with van der Waals surface area (Å²) in [5, 5.41) is 10.5. The van der Waals surface area contributed by atoms with E-state index in [2.05, 4.69) is 22.8 Å². The zero-order valence-electron chi connectivity index (χ0n) is 18.7. The van der Waals surface area contributed by atoms with Crippen LogP contribution in [0.5, 0.6) is 17.2 Å². The maximum Gasteiger partial charge on any atom is 0.161 e. The van der Waals surface area contributed by atoms with Crippen molar-refractivity contribution >= 4 is 11.5 Å². The fourth-order valence-electron chi connectivity index (χ4n) is 3.80. The van der Waals surface area contributed by atoms with Gasteiger partial charge < -0.3 is 24.2 Å². The number of Topliss-reactive ketones (excluding diaryl/α,β-unsaturated/α-hetero) is 1. The molecule has 0 aromatic heterocycles. The van der Waals surface area contributed by atoms with Gasteiger partial charge in [-0.05, 0) is 51.2 Å². The van der Waals surface area contributed by atoms with Gasteiger partial charge in [-0.1, -0.05) is 12.1 Å². The van der Waals surface area contributed by atoms with Gasteiger partial charge in [-0.3, -0.25) is 9.69 Å². The summed E-state index contributed by atoms with van der Waals surface area (Å²) in [5.41, 5.74) is 1.68. The quantitative estimate of drug-likeness (QED) is 0.584. The van der Waals surface area contributed by atoms with E-state index in [9.17, 15) is 9.90 Å². The first-order valence-corrected chi connectivity index (χ1v) is 10.6. The number of methoxy groups -OCH3 is 1. The van der Waals surface area contributed by atoms with Crippen LogP contribution in [0.15, 0.2) is 42.5 Å². The minimum Gasteiger partial charge on any atom is -0.493 e. The number of para-hydroxylation sites is 2. The molecule has 7 nitrogen and oxygen atoms in total. The molecule has 0 spiro atoms. The van der Waals surface area contributed by atoms with Gasteiger partial charge in [0.2, 0.25) is 0 Å². The average molecular weight is 429 g/mol. The molecule has 1 aliphatic heterocycles. The monoisotopic (exact) mass is 428 g/mol. The minimum absolute atomic E-state index is 0.0205. The van der Waals surface area contributed by atoms with Crippen LogP contribution in [0.25, 0.3) is 0 Å². The smallest absolute Gasteiger partial charge is 0.161 e. The molecule has 168 valence electrons. The van der Waals surface area contributed by atoms with Crippen molar-refractivity contribution in [1.29, 1.82) is 0 Å². The molecule has 1 aliphatic rings. The first-order valence-electron chi connectivity index (χ1n) is 10.6. The molecule has 7 heteroatoms. The number of ether oxygens (including phenoxy) is 3. The zero-order valence-corrected chi connectivity index (χ0v) is 18.7. The van der Waals surface area contributed by atoms with E-state index in [0.717, 1.165) is 24.5 Å². The molecule has 1 heterocycles. The largest absolute Gasteiger partial charge is 0.493 e. The second kappa shape index (κ2) is 10.5. The van der Waals surface area contributed by atoms with Crippen molar-refractivity contribution in [1.82, 2.24) is 4.90 Å². The molecule has 1 N–H and O–H groups in total. The van der Waals surface area contributed by atoms with E-state index in [1.54, 1.807) is 18.2 Å². The highest BCUT2D eigenvalue weighted by Gasteiger charge is 2.26. The molecular weight excluding hydrogens is 396 g/mol. The zero-order chi connectivity index (χ0) is 22.4. The summed E-state index contributed by atoms with van der Waals surface area (Å²) in [6.45, 7) is 6.63. The van der Waals surface area contributed by atoms with Crippen LogP contribution in [0.3, 0.4) is 0 Å². The average Bonchev–Trinajstić information content (AvgIpc) is 2.76. The summed E-state index contributed by atoms with van der Waals surface area (Å²) in [5.74, 6) is 1.84. The molecule has 2 atom stereocenters. The molecule has 0 saturated carbocycles. The third-order valence-corrected chi connectivity index (χ3v) is 5.34. The van der Waals surface area contributed by atoms with Gasteiger partial charge in [0.1, 0.15) is 24.6 Å². The minimum atomic E-state index is -0.680. The van der Waals surface area contributed by atoms with E-state index in [0.29, 0.717) is 30.2 Å². The molecule has 0 aliphatic carbocycles. The second-order valence-corrected chi connectivity index (χ2v) is 7.85. The van der Waals surface area contributed by atoms with Crippen LogP contribution in [0.2, 0.25) is 0 Å². The Morgan fingerprint density at radius 1 is 1.29 bits per heavy atom. The number of carbonyl (C=O) groups is 1. The van der Waals surface area contributed by atoms with Crippen molar-refractivity contribution in [3.05, 3.63) is 48.0 Å². The molecule has 0 unspecified atom stereocenters. The predicted octanol–water partition coefficient (Wildman–Crippen LogP) is 2.86. The molecule has 31 heavy (non-hydrogen) atoms. The molecule has 2 aromatic rings. The lowest BCUT2D eigenvalue weighted by Gasteiger charge is -2.37. The normalized spacial score (nSPS) is 16.5. The summed E-state index contributed by atoms with van der Waals surface area (Å²) >= 11 is 0. The Kier molecular flexibility index (Phi) is 7.76. The first-order chi connectivity index (χ1) is 14.9.